The molecule has 0 bridgehead atoms. The first-order valence-electron chi connectivity index (χ1n) is 7.96. The van der Waals surface area contributed by atoms with E-state index in [1.165, 1.54) is 12.2 Å². The topological polar surface area (TPSA) is 125 Å². The molecule has 4 unspecified atom stereocenters. The number of hydrogen-bond acceptors (Lipinski definition) is 5. The number of aliphatic hydroxyl groups is 2. The maximum atomic E-state index is 11.9. The van der Waals surface area contributed by atoms with Crippen molar-refractivity contribution in [3.05, 3.63) is 36.1 Å². The van der Waals surface area contributed by atoms with Gasteiger partial charge in [0.05, 0.1) is 0 Å². The minimum absolute atomic E-state index is 0.0171. The molecule has 7 heteroatoms. The monoisotopic (exact) mass is 336 g/mol. The molecule has 2 amide bonds. The Morgan fingerprint density at radius 3 is 2.79 bits per heavy atom. The number of carbonyl (C=O) groups excluding carboxylic acids is 2. The summed E-state index contributed by atoms with van der Waals surface area (Å²) in [6.45, 7) is 4.04. The highest BCUT2D eigenvalue weighted by Crippen LogP contribution is 2.44. The van der Waals surface area contributed by atoms with Crippen molar-refractivity contribution in [3.63, 3.8) is 0 Å². The van der Waals surface area contributed by atoms with Crippen LogP contribution in [-0.4, -0.2) is 45.9 Å². The van der Waals surface area contributed by atoms with Crippen LogP contribution < -0.4 is 11.1 Å². The molecule has 0 aromatic rings. The van der Waals surface area contributed by atoms with Crippen molar-refractivity contribution in [3.8, 4) is 0 Å². The number of primary amides is 1. The smallest absolute Gasteiger partial charge is 0.248 e. The van der Waals surface area contributed by atoms with E-state index in [-0.39, 0.29) is 18.5 Å². The summed E-state index contributed by atoms with van der Waals surface area (Å²) in [6.07, 6.45) is 5.83. The lowest BCUT2D eigenvalue weighted by Gasteiger charge is -2.29. The molecule has 1 aliphatic heterocycles. The predicted molar refractivity (Wildman–Crippen MR) is 87.4 cm³/mol. The van der Waals surface area contributed by atoms with E-state index in [0.29, 0.717) is 5.92 Å². The fourth-order valence-corrected chi connectivity index (χ4v) is 2.64. The third-order valence-electron chi connectivity index (χ3n) is 3.95. The Hall–Kier alpha value is -1.96. The molecule has 1 heterocycles. The highest BCUT2D eigenvalue weighted by molar-refractivity contribution is 5.89. The Balaban J connectivity index is 2.03. The van der Waals surface area contributed by atoms with Crippen LogP contribution in [0.25, 0.3) is 0 Å². The van der Waals surface area contributed by atoms with Gasteiger partial charge in [0.25, 0.3) is 0 Å². The zero-order chi connectivity index (χ0) is 17.9. The van der Waals surface area contributed by atoms with Crippen LogP contribution in [0.15, 0.2) is 36.1 Å². The molecule has 2 rings (SSSR count). The standard InChI is InChI=1S/C17H24N2O5/c1-10(2)5-3-4-6-13(21)19-11-9-17(23,8-7-12(18)20)16-15(24-16)14(11)22/h3-6,9-10,14-16,22-23H,7-8H2,1-2H3,(H2,18,20)(H,19,21). The summed E-state index contributed by atoms with van der Waals surface area (Å²) < 4.78 is 5.29. The molecule has 132 valence electrons. The molecule has 0 aromatic carbocycles. The second kappa shape index (κ2) is 7.29. The van der Waals surface area contributed by atoms with Crippen LogP contribution in [0.2, 0.25) is 0 Å². The third-order valence-corrected chi connectivity index (χ3v) is 3.95. The Kier molecular flexibility index (Phi) is 5.58. The van der Waals surface area contributed by atoms with Gasteiger partial charge in [0.2, 0.25) is 11.8 Å². The number of amides is 2. The fraction of sp³-hybridized carbons (Fsp3) is 0.529. The molecule has 0 aromatic heterocycles. The van der Waals surface area contributed by atoms with Gasteiger partial charge < -0.3 is 26.0 Å². The summed E-state index contributed by atoms with van der Waals surface area (Å²) in [6, 6.07) is 0. The second-order valence-electron chi connectivity index (χ2n) is 6.50. The van der Waals surface area contributed by atoms with E-state index >= 15 is 0 Å². The number of fused-ring (bicyclic) bond motifs is 1. The lowest BCUT2D eigenvalue weighted by Crippen LogP contribution is -2.46. The zero-order valence-corrected chi connectivity index (χ0v) is 13.8. The minimum atomic E-state index is -1.43. The molecule has 4 atom stereocenters. The summed E-state index contributed by atoms with van der Waals surface area (Å²) in [7, 11) is 0. The Bertz CT molecular complexity index is 596. The van der Waals surface area contributed by atoms with Gasteiger partial charge in [-0.2, -0.15) is 0 Å². The molecule has 1 aliphatic carbocycles. The summed E-state index contributed by atoms with van der Waals surface area (Å²) in [4.78, 5) is 22.9. The van der Waals surface area contributed by atoms with E-state index in [9.17, 15) is 19.8 Å². The molecule has 0 saturated carbocycles. The van der Waals surface area contributed by atoms with Gasteiger partial charge in [0.1, 0.15) is 23.9 Å². The number of ether oxygens (including phenoxy) is 1. The Morgan fingerprint density at radius 2 is 2.17 bits per heavy atom. The van der Waals surface area contributed by atoms with Gasteiger partial charge in [-0.3, -0.25) is 9.59 Å². The molecule has 0 spiro atoms. The van der Waals surface area contributed by atoms with E-state index in [1.807, 2.05) is 19.9 Å². The van der Waals surface area contributed by atoms with E-state index in [4.69, 9.17) is 10.5 Å². The summed E-state index contributed by atoms with van der Waals surface area (Å²) in [5.74, 6) is -0.583. The summed E-state index contributed by atoms with van der Waals surface area (Å²) >= 11 is 0. The molecule has 2 aliphatic rings. The molecule has 7 nitrogen and oxygen atoms in total. The van der Waals surface area contributed by atoms with Crippen LogP contribution in [0.5, 0.6) is 0 Å². The van der Waals surface area contributed by atoms with Crippen LogP contribution in [0.1, 0.15) is 26.7 Å². The highest BCUT2D eigenvalue weighted by Gasteiger charge is 2.60. The van der Waals surface area contributed by atoms with Crippen LogP contribution in [0.3, 0.4) is 0 Å². The van der Waals surface area contributed by atoms with E-state index in [1.54, 1.807) is 12.2 Å². The van der Waals surface area contributed by atoms with Gasteiger partial charge >= 0.3 is 0 Å². The largest absolute Gasteiger partial charge is 0.384 e. The Labute approximate surface area is 140 Å². The lowest BCUT2D eigenvalue weighted by molar-refractivity contribution is -0.119. The summed E-state index contributed by atoms with van der Waals surface area (Å²) in [5, 5.41) is 23.3. The Morgan fingerprint density at radius 1 is 1.46 bits per heavy atom. The molecule has 1 saturated heterocycles. The van der Waals surface area contributed by atoms with Crippen LogP contribution >= 0.6 is 0 Å². The van der Waals surface area contributed by atoms with Crippen molar-refractivity contribution in [1.82, 2.24) is 5.32 Å². The fourth-order valence-electron chi connectivity index (χ4n) is 2.64. The number of aliphatic hydroxyl groups excluding tert-OH is 1. The third kappa shape index (κ3) is 4.53. The summed E-state index contributed by atoms with van der Waals surface area (Å²) in [5.41, 5.74) is 3.86. The van der Waals surface area contributed by atoms with Crippen molar-refractivity contribution in [2.75, 3.05) is 0 Å². The first kappa shape index (κ1) is 18.4. The number of nitrogens with one attached hydrogen (secondary N) is 1. The lowest BCUT2D eigenvalue weighted by atomic mass is 9.84. The normalized spacial score (nSPS) is 32.0. The molecule has 0 radical (unpaired) electrons. The van der Waals surface area contributed by atoms with Gasteiger partial charge in [-0.25, -0.2) is 0 Å². The number of hydrogen-bond donors (Lipinski definition) is 4. The number of allylic oxidation sites excluding steroid dienone is 3. The quantitative estimate of drug-likeness (QED) is 0.293. The minimum Gasteiger partial charge on any atom is -0.384 e. The van der Waals surface area contributed by atoms with Crippen LogP contribution in [0, 0.1) is 5.92 Å². The van der Waals surface area contributed by atoms with Crippen molar-refractivity contribution in [1.29, 1.82) is 0 Å². The number of carbonyl (C=O) groups is 2. The van der Waals surface area contributed by atoms with Gasteiger partial charge in [0, 0.05) is 18.2 Å². The molecular weight excluding hydrogens is 312 g/mol. The van der Waals surface area contributed by atoms with E-state index in [2.05, 4.69) is 5.32 Å². The van der Waals surface area contributed by atoms with E-state index in [0.717, 1.165) is 0 Å². The number of rotatable bonds is 7. The molecular formula is C17H24N2O5. The van der Waals surface area contributed by atoms with Crippen molar-refractivity contribution >= 4 is 11.8 Å². The first-order chi connectivity index (χ1) is 11.2. The van der Waals surface area contributed by atoms with Gasteiger partial charge in [-0.1, -0.05) is 32.1 Å². The van der Waals surface area contributed by atoms with Crippen molar-refractivity contribution in [2.45, 2.75) is 50.6 Å². The average molecular weight is 336 g/mol. The number of epoxide rings is 1. The zero-order valence-electron chi connectivity index (χ0n) is 13.8. The van der Waals surface area contributed by atoms with Gasteiger partial charge in [-0.15, -0.1) is 0 Å². The van der Waals surface area contributed by atoms with Crippen molar-refractivity contribution in [2.24, 2.45) is 11.7 Å². The van der Waals surface area contributed by atoms with Crippen LogP contribution in [0.4, 0.5) is 0 Å². The highest BCUT2D eigenvalue weighted by atomic mass is 16.6. The van der Waals surface area contributed by atoms with E-state index < -0.39 is 35.7 Å². The second-order valence-corrected chi connectivity index (χ2v) is 6.50. The molecule has 24 heavy (non-hydrogen) atoms. The SMILES string of the molecule is CC(C)C=CC=CC(=O)NC1=CC(O)(CCC(N)=O)C2OC2C1O. The first-order valence-corrected chi connectivity index (χ1v) is 7.96. The maximum Gasteiger partial charge on any atom is 0.248 e. The van der Waals surface area contributed by atoms with Gasteiger partial charge in [0.15, 0.2) is 0 Å². The average Bonchev–Trinajstić information content (AvgIpc) is 3.29. The predicted octanol–water partition coefficient (Wildman–Crippen LogP) is -0.107. The molecule has 1 fully saturated rings. The maximum absolute atomic E-state index is 11.9. The number of nitrogens with two attached hydrogens (primary N) is 1. The van der Waals surface area contributed by atoms with Crippen molar-refractivity contribution < 1.29 is 24.5 Å². The molecule has 5 N–H and O–H groups in total. The van der Waals surface area contributed by atoms with Crippen LogP contribution in [-0.2, 0) is 14.3 Å². The van der Waals surface area contributed by atoms with Gasteiger partial charge in [-0.05, 0) is 18.4 Å².